The molecular weight excluding hydrogens is 252 g/mol. The summed E-state index contributed by atoms with van der Waals surface area (Å²) in [4.78, 5) is 10.7. The zero-order valence-electron chi connectivity index (χ0n) is 11.8. The van der Waals surface area contributed by atoms with Crippen molar-refractivity contribution in [2.45, 2.75) is 13.8 Å². The number of ether oxygens (including phenoxy) is 2. The molecule has 2 aromatic carbocycles. The monoisotopic (exact) mass is 270 g/mol. The molecule has 0 heterocycles. The van der Waals surface area contributed by atoms with Gasteiger partial charge in [-0.15, -0.1) is 0 Å². The Balaban J connectivity index is 1.82. The predicted octanol–water partition coefficient (Wildman–Crippen LogP) is 3.57. The number of hydrogen-bond acceptors (Lipinski definition) is 3. The summed E-state index contributed by atoms with van der Waals surface area (Å²) in [5, 5.41) is 0. The van der Waals surface area contributed by atoms with E-state index in [1.54, 1.807) is 18.2 Å². The van der Waals surface area contributed by atoms with Crippen molar-refractivity contribution in [3.8, 4) is 11.5 Å². The van der Waals surface area contributed by atoms with E-state index in [0.717, 1.165) is 12.0 Å². The van der Waals surface area contributed by atoms with Gasteiger partial charge in [-0.1, -0.05) is 18.2 Å². The molecule has 3 nitrogen and oxygen atoms in total. The molecule has 2 rings (SSSR count). The molecule has 0 saturated heterocycles. The Labute approximate surface area is 119 Å². The van der Waals surface area contributed by atoms with Gasteiger partial charge in [0.25, 0.3) is 0 Å². The molecule has 104 valence electrons. The van der Waals surface area contributed by atoms with E-state index < -0.39 is 0 Å². The number of benzene rings is 2. The highest BCUT2D eigenvalue weighted by atomic mass is 16.5. The maximum Gasteiger partial charge on any atom is 0.150 e. The van der Waals surface area contributed by atoms with Crippen LogP contribution in [-0.2, 0) is 0 Å². The Morgan fingerprint density at radius 2 is 1.55 bits per heavy atom. The number of carbonyl (C=O) groups excluding carboxylic acids is 1. The number of aldehydes is 1. The van der Waals surface area contributed by atoms with E-state index in [1.807, 2.05) is 32.0 Å². The molecule has 3 heteroatoms. The van der Waals surface area contributed by atoms with Crippen LogP contribution in [0.15, 0.2) is 42.5 Å². The van der Waals surface area contributed by atoms with Crippen LogP contribution in [0.1, 0.15) is 21.5 Å². The van der Waals surface area contributed by atoms with Gasteiger partial charge in [0, 0.05) is 5.56 Å². The third-order valence-corrected chi connectivity index (χ3v) is 2.81. The van der Waals surface area contributed by atoms with Crippen molar-refractivity contribution < 1.29 is 14.3 Å². The van der Waals surface area contributed by atoms with Crippen LogP contribution < -0.4 is 9.47 Å². The average Bonchev–Trinajstić information content (AvgIpc) is 2.43. The molecule has 0 spiro atoms. The van der Waals surface area contributed by atoms with E-state index >= 15 is 0 Å². The molecule has 0 atom stereocenters. The van der Waals surface area contributed by atoms with E-state index in [2.05, 4.69) is 6.07 Å². The van der Waals surface area contributed by atoms with Gasteiger partial charge in [0.2, 0.25) is 0 Å². The van der Waals surface area contributed by atoms with Crippen molar-refractivity contribution >= 4 is 6.29 Å². The number of aryl methyl sites for hydroxylation is 2. The lowest BCUT2D eigenvalue weighted by atomic mass is 10.1. The van der Waals surface area contributed by atoms with Crippen LogP contribution >= 0.6 is 0 Å². The summed E-state index contributed by atoms with van der Waals surface area (Å²) < 4.78 is 11.2. The van der Waals surface area contributed by atoms with Gasteiger partial charge in [-0.3, -0.25) is 4.79 Å². The van der Waals surface area contributed by atoms with Crippen LogP contribution in [-0.4, -0.2) is 19.5 Å². The fraction of sp³-hybridized carbons (Fsp3) is 0.235. The van der Waals surface area contributed by atoms with Crippen LogP contribution in [0.2, 0.25) is 0 Å². The molecule has 0 aliphatic rings. The second kappa shape index (κ2) is 6.75. The van der Waals surface area contributed by atoms with Crippen molar-refractivity contribution in [2.24, 2.45) is 0 Å². The van der Waals surface area contributed by atoms with Gasteiger partial charge in [-0.2, -0.15) is 0 Å². The zero-order chi connectivity index (χ0) is 14.4. The quantitative estimate of drug-likeness (QED) is 0.594. The smallest absolute Gasteiger partial charge is 0.150 e. The molecular formula is C17H18O3. The average molecular weight is 270 g/mol. The molecule has 0 bridgehead atoms. The third kappa shape index (κ3) is 4.12. The normalized spacial score (nSPS) is 10.1. The standard InChI is InChI=1S/C17H18O3/c1-13-8-14(2)10-17(9-13)20-7-6-19-16-5-3-4-15(11-16)12-18/h3-5,8-12H,6-7H2,1-2H3. The van der Waals surface area contributed by atoms with Gasteiger partial charge in [-0.25, -0.2) is 0 Å². The lowest BCUT2D eigenvalue weighted by Crippen LogP contribution is -2.09. The molecule has 0 aromatic heterocycles. The lowest BCUT2D eigenvalue weighted by Gasteiger charge is -2.10. The van der Waals surface area contributed by atoms with E-state index in [-0.39, 0.29) is 0 Å². The van der Waals surface area contributed by atoms with Gasteiger partial charge in [-0.05, 0) is 49.2 Å². The number of hydrogen-bond donors (Lipinski definition) is 0. The van der Waals surface area contributed by atoms with Crippen LogP contribution in [0, 0.1) is 13.8 Å². The fourth-order valence-electron chi connectivity index (χ4n) is 2.01. The van der Waals surface area contributed by atoms with Gasteiger partial charge < -0.3 is 9.47 Å². The summed E-state index contributed by atoms with van der Waals surface area (Å²) in [6, 6.07) is 13.2. The molecule has 0 aliphatic heterocycles. The first-order valence-corrected chi connectivity index (χ1v) is 6.56. The first-order chi connectivity index (χ1) is 9.67. The summed E-state index contributed by atoms with van der Waals surface area (Å²) in [5.74, 6) is 1.53. The Morgan fingerprint density at radius 1 is 0.900 bits per heavy atom. The van der Waals surface area contributed by atoms with E-state index in [4.69, 9.17) is 9.47 Å². The lowest BCUT2D eigenvalue weighted by molar-refractivity contribution is 0.112. The molecule has 0 N–H and O–H groups in total. The van der Waals surface area contributed by atoms with E-state index in [0.29, 0.717) is 24.5 Å². The van der Waals surface area contributed by atoms with Gasteiger partial charge in [0.05, 0.1) is 0 Å². The second-order valence-electron chi connectivity index (χ2n) is 4.71. The first-order valence-electron chi connectivity index (χ1n) is 6.56. The Morgan fingerprint density at radius 3 is 2.20 bits per heavy atom. The topological polar surface area (TPSA) is 35.5 Å². The molecule has 20 heavy (non-hydrogen) atoms. The fourth-order valence-corrected chi connectivity index (χ4v) is 2.01. The van der Waals surface area contributed by atoms with Gasteiger partial charge in [0.15, 0.2) is 0 Å². The molecule has 0 unspecified atom stereocenters. The highest BCUT2D eigenvalue weighted by molar-refractivity contribution is 5.75. The third-order valence-electron chi connectivity index (χ3n) is 2.81. The highest BCUT2D eigenvalue weighted by Crippen LogP contribution is 2.16. The number of rotatable bonds is 6. The van der Waals surface area contributed by atoms with Crippen molar-refractivity contribution in [1.82, 2.24) is 0 Å². The minimum Gasteiger partial charge on any atom is -0.490 e. The SMILES string of the molecule is Cc1cc(C)cc(OCCOc2cccc(C=O)c2)c1. The van der Waals surface area contributed by atoms with Crippen LogP contribution in [0.25, 0.3) is 0 Å². The largest absolute Gasteiger partial charge is 0.490 e. The second-order valence-corrected chi connectivity index (χ2v) is 4.71. The minimum atomic E-state index is 0.440. The predicted molar refractivity (Wildman–Crippen MR) is 78.7 cm³/mol. The summed E-state index contributed by atoms with van der Waals surface area (Å²) in [7, 11) is 0. The maximum absolute atomic E-state index is 10.7. The van der Waals surface area contributed by atoms with Crippen LogP contribution in [0.4, 0.5) is 0 Å². The van der Waals surface area contributed by atoms with Crippen LogP contribution in [0.3, 0.4) is 0 Å². The summed E-state index contributed by atoms with van der Waals surface area (Å²) in [6.45, 7) is 4.99. The summed E-state index contributed by atoms with van der Waals surface area (Å²) in [6.07, 6.45) is 0.804. The van der Waals surface area contributed by atoms with Crippen molar-refractivity contribution in [2.75, 3.05) is 13.2 Å². The molecule has 0 radical (unpaired) electrons. The van der Waals surface area contributed by atoms with Gasteiger partial charge >= 0.3 is 0 Å². The molecule has 0 amide bonds. The molecule has 0 fully saturated rings. The van der Waals surface area contributed by atoms with Crippen molar-refractivity contribution in [3.05, 3.63) is 59.2 Å². The van der Waals surface area contributed by atoms with Crippen molar-refractivity contribution in [1.29, 1.82) is 0 Å². The molecule has 2 aromatic rings. The minimum absolute atomic E-state index is 0.440. The number of carbonyl (C=O) groups is 1. The zero-order valence-corrected chi connectivity index (χ0v) is 11.8. The summed E-state index contributed by atoms with van der Waals surface area (Å²) in [5.41, 5.74) is 2.97. The Kier molecular flexibility index (Phi) is 4.77. The maximum atomic E-state index is 10.7. The van der Waals surface area contributed by atoms with Crippen LogP contribution in [0.5, 0.6) is 11.5 Å². The Hall–Kier alpha value is -2.29. The molecule has 0 aliphatic carbocycles. The first kappa shape index (κ1) is 14.1. The van der Waals surface area contributed by atoms with Gasteiger partial charge in [0.1, 0.15) is 31.0 Å². The highest BCUT2D eigenvalue weighted by Gasteiger charge is 1.99. The Bertz CT molecular complexity index is 570. The summed E-state index contributed by atoms with van der Waals surface area (Å²) >= 11 is 0. The molecule has 0 saturated carbocycles. The van der Waals surface area contributed by atoms with E-state index in [1.165, 1.54) is 11.1 Å². The van der Waals surface area contributed by atoms with E-state index in [9.17, 15) is 4.79 Å². The van der Waals surface area contributed by atoms with Crippen molar-refractivity contribution in [3.63, 3.8) is 0 Å².